The highest BCUT2D eigenvalue weighted by atomic mass is 16.6. The summed E-state index contributed by atoms with van der Waals surface area (Å²) in [5, 5.41) is 2.72. The van der Waals surface area contributed by atoms with E-state index in [4.69, 9.17) is 19.9 Å². The topological polar surface area (TPSA) is 82.8 Å². The Balaban J connectivity index is 1.54. The molecule has 0 unspecified atom stereocenters. The quantitative estimate of drug-likeness (QED) is 0.890. The van der Waals surface area contributed by atoms with Gasteiger partial charge in [-0.25, -0.2) is 4.79 Å². The molecule has 2 aliphatic rings. The molecule has 22 heavy (non-hydrogen) atoms. The SMILES string of the molecule is CC(C)c1ccc(NC(=O)O[C@H]2CO[C@@H]3[C@@H]2OC[C@@H]3N)cc1. The van der Waals surface area contributed by atoms with Gasteiger partial charge in [-0.3, -0.25) is 5.32 Å². The van der Waals surface area contributed by atoms with Crippen LogP contribution in [0.3, 0.4) is 0 Å². The van der Waals surface area contributed by atoms with Gasteiger partial charge < -0.3 is 19.9 Å². The normalized spacial score (nSPS) is 30.4. The van der Waals surface area contributed by atoms with Crippen LogP contribution in [0, 0.1) is 0 Å². The van der Waals surface area contributed by atoms with Gasteiger partial charge in [-0.15, -0.1) is 0 Å². The number of amides is 1. The van der Waals surface area contributed by atoms with E-state index in [9.17, 15) is 4.79 Å². The minimum absolute atomic E-state index is 0.148. The van der Waals surface area contributed by atoms with Gasteiger partial charge in [-0.2, -0.15) is 0 Å². The molecule has 1 aromatic carbocycles. The Morgan fingerprint density at radius 2 is 1.91 bits per heavy atom. The molecular formula is C16H22N2O4. The van der Waals surface area contributed by atoms with E-state index in [1.54, 1.807) is 0 Å². The number of rotatable bonds is 3. The van der Waals surface area contributed by atoms with Crippen LogP contribution in [-0.2, 0) is 14.2 Å². The van der Waals surface area contributed by atoms with Crippen molar-refractivity contribution in [3.8, 4) is 0 Å². The van der Waals surface area contributed by atoms with Gasteiger partial charge in [0.25, 0.3) is 0 Å². The number of anilines is 1. The van der Waals surface area contributed by atoms with Crippen LogP contribution in [0.2, 0.25) is 0 Å². The predicted octanol–water partition coefficient (Wildman–Crippen LogP) is 1.85. The van der Waals surface area contributed by atoms with Crippen LogP contribution in [0.1, 0.15) is 25.3 Å². The Bertz CT molecular complexity index is 531. The number of carbonyl (C=O) groups is 1. The minimum Gasteiger partial charge on any atom is -0.441 e. The molecule has 0 aliphatic carbocycles. The third-order valence-electron chi connectivity index (χ3n) is 4.13. The summed E-state index contributed by atoms with van der Waals surface area (Å²) in [5.41, 5.74) is 7.79. The smallest absolute Gasteiger partial charge is 0.412 e. The standard InChI is InChI=1S/C16H22N2O4/c1-9(2)10-3-5-11(6-4-10)18-16(19)22-13-8-21-14-12(17)7-20-15(13)14/h3-6,9,12-15H,7-8,17H2,1-2H3,(H,18,19)/t12-,13-,14-,15+/m0/s1. The Morgan fingerprint density at radius 3 is 2.59 bits per heavy atom. The lowest BCUT2D eigenvalue weighted by atomic mass is 10.0. The van der Waals surface area contributed by atoms with Gasteiger partial charge in [0, 0.05) is 5.69 Å². The summed E-state index contributed by atoms with van der Waals surface area (Å²) in [7, 11) is 0. The van der Waals surface area contributed by atoms with Crippen LogP contribution in [0.15, 0.2) is 24.3 Å². The van der Waals surface area contributed by atoms with Crippen LogP contribution in [0.25, 0.3) is 0 Å². The summed E-state index contributed by atoms with van der Waals surface area (Å²) in [6.07, 6.45) is -1.35. The van der Waals surface area contributed by atoms with Gasteiger partial charge in [0.15, 0.2) is 6.10 Å². The van der Waals surface area contributed by atoms with Crippen molar-refractivity contribution in [1.29, 1.82) is 0 Å². The molecule has 2 aliphatic heterocycles. The van der Waals surface area contributed by atoms with Crippen LogP contribution < -0.4 is 11.1 Å². The number of benzene rings is 1. The van der Waals surface area contributed by atoms with E-state index < -0.39 is 12.2 Å². The van der Waals surface area contributed by atoms with E-state index in [1.165, 1.54) is 5.56 Å². The summed E-state index contributed by atoms with van der Waals surface area (Å²) >= 11 is 0. The number of carbonyl (C=O) groups excluding carboxylic acids is 1. The lowest BCUT2D eigenvalue weighted by Crippen LogP contribution is -2.38. The Kier molecular flexibility index (Phi) is 4.33. The molecule has 0 spiro atoms. The largest absolute Gasteiger partial charge is 0.441 e. The van der Waals surface area contributed by atoms with E-state index >= 15 is 0 Å². The Hall–Kier alpha value is -1.63. The average Bonchev–Trinajstić information content (AvgIpc) is 3.04. The van der Waals surface area contributed by atoms with Gasteiger partial charge >= 0.3 is 6.09 Å². The van der Waals surface area contributed by atoms with Crippen molar-refractivity contribution in [3.05, 3.63) is 29.8 Å². The molecule has 6 heteroatoms. The molecule has 4 atom stereocenters. The van der Waals surface area contributed by atoms with E-state index in [2.05, 4.69) is 19.2 Å². The fraction of sp³-hybridized carbons (Fsp3) is 0.562. The Labute approximate surface area is 129 Å². The van der Waals surface area contributed by atoms with Gasteiger partial charge in [-0.1, -0.05) is 26.0 Å². The zero-order valence-electron chi connectivity index (χ0n) is 12.8. The van der Waals surface area contributed by atoms with Crippen LogP contribution >= 0.6 is 0 Å². The number of nitrogens with two attached hydrogens (primary N) is 1. The number of nitrogens with one attached hydrogen (secondary N) is 1. The molecule has 6 nitrogen and oxygen atoms in total. The minimum atomic E-state index is -0.504. The van der Waals surface area contributed by atoms with E-state index in [0.29, 0.717) is 24.8 Å². The molecule has 2 heterocycles. The number of hydrogen-bond donors (Lipinski definition) is 2. The molecule has 0 bridgehead atoms. The zero-order chi connectivity index (χ0) is 15.7. The summed E-state index contributed by atoms with van der Waals surface area (Å²) in [6.45, 7) is 5.01. The van der Waals surface area contributed by atoms with Crippen molar-refractivity contribution in [1.82, 2.24) is 0 Å². The van der Waals surface area contributed by atoms with Gasteiger partial charge in [-0.05, 0) is 23.6 Å². The second-order valence-electron chi connectivity index (χ2n) is 6.11. The van der Waals surface area contributed by atoms with Crippen LogP contribution in [0.4, 0.5) is 10.5 Å². The predicted molar refractivity (Wildman–Crippen MR) is 81.9 cm³/mol. The first-order valence-electron chi connectivity index (χ1n) is 7.61. The number of fused-ring (bicyclic) bond motifs is 1. The van der Waals surface area contributed by atoms with E-state index in [0.717, 1.165) is 0 Å². The lowest BCUT2D eigenvalue weighted by Gasteiger charge is -2.17. The monoisotopic (exact) mass is 306 g/mol. The molecule has 1 aromatic rings. The molecule has 0 saturated carbocycles. The van der Waals surface area contributed by atoms with Gasteiger partial charge in [0.1, 0.15) is 12.2 Å². The van der Waals surface area contributed by atoms with Crippen molar-refractivity contribution in [2.24, 2.45) is 5.73 Å². The van der Waals surface area contributed by atoms with Crippen molar-refractivity contribution in [2.75, 3.05) is 18.5 Å². The highest BCUT2D eigenvalue weighted by Crippen LogP contribution is 2.28. The summed E-state index contributed by atoms with van der Waals surface area (Å²) in [5.74, 6) is 0.456. The fourth-order valence-corrected chi connectivity index (χ4v) is 2.83. The van der Waals surface area contributed by atoms with Crippen LogP contribution in [-0.4, -0.2) is 43.7 Å². The molecular weight excluding hydrogens is 284 g/mol. The molecule has 2 fully saturated rings. The second-order valence-corrected chi connectivity index (χ2v) is 6.11. The highest BCUT2D eigenvalue weighted by molar-refractivity contribution is 5.84. The second kappa shape index (κ2) is 6.24. The maximum Gasteiger partial charge on any atom is 0.412 e. The first-order chi connectivity index (χ1) is 10.5. The van der Waals surface area contributed by atoms with Crippen molar-refractivity contribution in [2.45, 2.75) is 44.1 Å². The molecule has 2 saturated heterocycles. The molecule has 3 N–H and O–H groups in total. The average molecular weight is 306 g/mol. The van der Waals surface area contributed by atoms with Crippen molar-refractivity contribution in [3.63, 3.8) is 0 Å². The van der Waals surface area contributed by atoms with Crippen molar-refractivity contribution < 1.29 is 19.0 Å². The van der Waals surface area contributed by atoms with Gasteiger partial charge in [0.05, 0.1) is 19.3 Å². The van der Waals surface area contributed by atoms with E-state index in [-0.39, 0.29) is 18.2 Å². The molecule has 1 amide bonds. The first kappa shape index (κ1) is 15.3. The lowest BCUT2D eigenvalue weighted by molar-refractivity contribution is 0.00900. The molecule has 3 rings (SSSR count). The number of hydrogen-bond acceptors (Lipinski definition) is 5. The molecule has 120 valence electrons. The summed E-state index contributed by atoms with van der Waals surface area (Å²) in [6, 6.07) is 7.58. The Morgan fingerprint density at radius 1 is 1.23 bits per heavy atom. The zero-order valence-corrected chi connectivity index (χ0v) is 12.8. The summed E-state index contributed by atoms with van der Waals surface area (Å²) in [4.78, 5) is 12.0. The molecule has 0 aromatic heterocycles. The highest BCUT2D eigenvalue weighted by Gasteiger charge is 2.48. The third kappa shape index (κ3) is 3.09. The van der Waals surface area contributed by atoms with E-state index in [1.807, 2.05) is 24.3 Å². The summed E-state index contributed by atoms with van der Waals surface area (Å²) < 4.78 is 16.5. The van der Waals surface area contributed by atoms with Gasteiger partial charge in [0.2, 0.25) is 0 Å². The van der Waals surface area contributed by atoms with Crippen LogP contribution in [0.5, 0.6) is 0 Å². The molecule has 0 radical (unpaired) electrons. The number of ether oxygens (including phenoxy) is 3. The first-order valence-corrected chi connectivity index (χ1v) is 7.61. The maximum atomic E-state index is 12.0. The fourth-order valence-electron chi connectivity index (χ4n) is 2.83. The third-order valence-corrected chi connectivity index (χ3v) is 4.13. The maximum absolute atomic E-state index is 12.0. The van der Waals surface area contributed by atoms with Crippen molar-refractivity contribution >= 4 is 11.8 Å².